The van der Waals surface area contributed by atoms with Crippen molar-refractivity contribution in [1.29, 1.82) is 0 Å². The Kier molecular flexibility index (Phi) is 3.19. The predicted octanol–water partition coefficient (Wildman–Crippen LogP) is 2.99. The average molecular weight is 211 g/mol. The van der Waals surface area contributed by atoms with Crippen molar-refractivity contribution in [2.75, 3.05) is 0 Å². The summed E-state index contributed by atoms with van der Waals surface area (Å²) in [5, 5.41) is 0. The van der Waals surface area contributed by atoms with Gasteiger partial charge in [0.2, 0.25) is 0 Å². The second kappa shape index (κ2) is 3.96. The molecule has 1 rings (SSSR count). The van der Waals surface area contributed by atoms with Gasteiger partial charge in [-0.1, -0.05) is 47.4 Å². The maximum absolute atomic E-state index is 3.46. The van der Waals surface area contributed by atoms with E-state index in [1.807, 2.05) is 0 Å². The summed E-state index contributed by atoms with van der Waals surface area (Å²) in [6.07, 6.45) is 0. The third-order valence-corrected chi connectivity index (χ3v) is 2.52. The topological polar surface area (TPSA) is 0 Å². The van der Waals surface area contributed by atoms with E-state index in [2.05, 4.69) is 53.9 Å². The second-order valence-electron chi connectivity index (χ2n) is 2.86. The van der Waals surface area contributed by atoms with Crippen molar-refractivity contribution in [3.63, 3.8) is 0 Å². The molecule has 0 nitrogen and oxygen atoms in total. The largest absolute Gasteiger partial charge is 0.126 e. The summed E-state index contributed by atoms with van der Waals surface area (Å²) in [7, 11) is 1.20. The zero-order valence-electron chi connectivity index (χ0n) is 6.97. The van der Waals surface area contributed by atoms with Crippen molar-refractivity contribution in [3.05, 3.63) is 34.3 Å². The maximum Gasteiger partial charge on any atom is 0.126 e. The van der Waals surface area contributed by atoms with Crippen LogP contribution in [0.1, 0.15) is 18.3 Å². The van der Waals surface area contributed by atoms with Gasteiger partial charge in [-0.2, -0.15) is 0 Å². The minimum Gasteiger partial charge on any atom is -0.0888 e. The zero-order chi connectivity index (χ0) is 8.27. The maximum atomic E-state index is 3.46. The quantitative estimate of drug-likeness (QED) is 0.659. The number of rotatable bonds is 2. The molecule has 0 spiro atoms. The minimum atomic E-state index is 0.674. The highest BCUT2D eigenvalue weighted by Gasteiger charge is 2.02. The molecule has 0 radical (unpaired) electrons. The lowest BCUT2D eigenvalue weighted by molar-refractivity contribution is 1.06. The highest BCUT2D eigenvalue weighted by Crippen LogP contribution is 2.18. The lowest BCUT2D eigenvalue weighted by atomic mass is 9.65. The zero-order valence-corrected chi connectivity index (χ0v) is 8.56. The Morgan fingerprint density at radius 1 is 1.45 bits per heavy atom. The van der Waals surface area contributed by atoms with E-state index in [-0.39, 0.29) is 0 Å². The molecule has 0 N–H and O–H groups in total. The number of hydrogen-bond donors (Lipinski definition) is 0. The fourth-order valence-electron chi connectivity index (χ4n) is 1.05. The van der Waals surface area contributed by atoms with Gasteiger partial charge in [0.05, 0.1) is 0 Å². The van der Waals surface area contributed by atoms with E-state index in [9.17, 15) is 0 Å². The molecule has 0 aromatic heterocycles. The molecule has 0 fully saturated rings. The molecule has 0 amide bonds. The van der Waals surface area contributed by atoms with Gasteiger partial charge in [-0.3, -0.25) is 0 Å². The minimum absolute atomic E-state index is 0.674. The van der Waals surface area contributed by atoms with E-state index in [0.717, 1.165) is 0 Å². The first-order valence-electron chi connectivity index (χ1n) is 3.99. The third-order valence-electron chi connectivity index (χ3n) is 2.03. The Morgan fingerprint density at radius 3 is 2.73 bits per heavy atom. The number of benzene rings is 1. The van der Waals surface area contributed by atoms with Crippen LogP contribution in [0.4, 0.5) is 0 Å². The summed E-state index contributed by atoms with van der Waals surface area (Å²) in [6.45, 7) is 4.47. The molecule has 1 aromatic rings. The van der Waals surface area contributed by atoms with Crippen LogP contribution in [-0.2, 0) is 0 Å². The lowest BCUT2D eigenvalue weighted by Gasteiger charge is -2.07. The van der Waals surface area contributed by atoms with Crippen molar-refractivity contribution in [2.45, 2.75) is 19.6 Å². The fraction of sp³-hybridized carbons (Fsp3) is 0.333. The molecule has 0 aliphatic carbocycles. The highest BCUT2D eigenvalue weighted by atomic mass is 79.9. The van der Waals surface area contributed by atoms with E-state index in [0.29, 0.717) is 5.82 Å². The Bertz CT molecular complexity index is 235. The summed E-state index contributed by atoms with van der Waals surface area (Å²) >= 11 is 3.46. The Morgan fingerprint density at radius 2 is 2.18 bits per heavy atom. The molecular weight excluding hydrogens is 199 g/mol. The fourth-order valence-corrected chi connectivity index (χ4v) is 1.47. The van der Waals surface area contributed by atoms with Crippen LogP contribution in [0.2, 0.25) is 6.82 Å². The van der Waals surface area contributed by atoms with Crippen LogP contribution < -0.4 is 0 Å². The molecule has 0 heterocycles. The van der Waals surface area contributed by atoms with Crippen molar-refractivity contribution >= 4 is 23.2 Å². The first-order chi connectivity index (χ1) is 5.24. The van der Waals surface area contributed by atoms with Crippen LogP contribution in [0.25, 0.3) is 0 Å². The Balaban J connectivity index is 2.86. The number of halogens is 1. The predicted molar refractivity (Wildman–Crippen MR) is 55.6 cm³/mol. The van der Waals surface area contributed by atoms with Crippen LogP contribution >= 0.6 is 15.9 Å². The smallest absolute Gasteiger partial charge is 0.0888 e. The van der Waals surface area contributed by atoms with Gasteiger partial charge in [0, 0.05) is 4.47 Å². The molecule has 11 heavy (non-hydrogen) atoms. The molecule has 1 atom stereocenters. The van der Waals surface area contributed by atoms with Gasteiger partial charge in [0.25, 0.3) is 0 Å². The SMILES string of the molecule is CBC(C)c1cccc(Br)c1. The van der Waals surface area contributed by atoms with E-state index in [1.165, 1.54) is 17.3 Å². The van der Waals surface area contributed by atoms with Crippen LogP contribution in [0.5, 0.6) is 0 Å². The first-order valence-corrected chi connectivity index (χ1v) is 4.78. The van der Waals surface area contributed by atoms with Crippen molar-refractivity contribution < 1.29 is 0 Å². The van der Waals surface area contributed by atoms with Gasteiger partial charge >= 0.3 is 0 Å². The first kappa shape index (κ1) is 8.86. The number of hydrogen-bond acceptors (Lipinski definition) is 0. The standard InChI is InChI=1S/C9H12BBr/c1-7(10-2)8-4-3-5-9(11)6-8/h3-7,10H,1-2H3. The second-order valence-corrected chi connectivity index (χ2v) is 3.78. The molecule has 1 aromatic carbocycles. The molecule has 58 valence electrons. The van der Waals surface area contributed by atoms with Crippen LogP contribution in [0.3, 0.4) is 0 Å². The van der Waals surface area contributed by atoms with Crippen LogP contribution in [0.15, 0.2) is 28.7 Å². The van der Waals surface area contributed by atoms with E-state index in [1.54, 1.807) is 0 Å². The van der Waals surface area contributed by atoms with Gasteiger partial charge in [-0.15, -0.1) is 0 Å². The molecule has 0 saturated heterocycles. The van der Waals surface area contributed by atoms with Gasteiger partial charge in [0.15, 0.2) is 0 Å². The summed E-state index contributed by atoms with van der Waals surface area (Å²) in [4.78, 5) is 0. The van der Waals surface area contributed by atoms with Crippen molar-refractivity contribution in [3.8, 4) is 0 Å². The van der Waals surface area contributed by atoms with E-state index >= 15 is 0 Å². The summed E-state index contributed by atoms with van der Waals surface area (Å²) in [5.74, 6) is 0.674. The molecule has 1 unspecified atom stereocenters. The van der Waals surface area contributed by atoms with E-state index < -0.39 is 0 Å². The molecule has 0 bridgehead atoms. The third kappa shape index (κ3) is 2.37. The average Bonchev–Trinajstić information content (AvgIpc) is 2.03. The van der Waals surface area contributed by atoms with Crippen LogP contribution in [0, 0.1) is 0 Å². The molecule has 0 aliphatic rings. The molecule has 0 saturated carbocycles. The van der Waals surface area contributed by atoms with Crippen LogP contribution in [-0.4, -0.2) is 7.28 Å². The lowest BCUT2D eigenvalue weighted by Crippen LogP contribution is -1.98. The van der Waals surface area contributed by atoms with Crippen molar-refractivity contribution in [2.24, 2.45) is 0 Å². The monoisotopic (exact) mass is 210 g/mol. The Labute approximate surface area is 77.4 Å². The van der Waals surface area contributed by atoms with Gasteiger partial charge in [0.1, 0.15) is 7.28 Å². The molecule has 0 aliphatic heterocycles. The molecule has 2 heteroatoms. The molecular formula is C9H12BBr. The normalized spacial score (nSPS) is 12.6. The summed E-state index contributed by atoms with van der Waals surface area (Å²) < 4.78 is 1.18. The van der Waals surface area contributed by atoms with E-state index in [4.69, 9.17) is 0 Å². The van der Waals surface area contributed by atoms with Gasteiger partial charge in [-0.25, -0.2) is 0 Å². The highest BCUT2D eigenvalue weighted by molar-refractivity contribution is 9.10. The van der Waals surface area contributed by atoms with Crippen molar-refractivity contribution in [1.82, 2.24) is 0 Å². The van der Waals surface area contributed by atoms with Gasteiger partial charge in [-0.05, 0) is 17.9 Å². The summed E-state index contributed by atoms with van der Waals surface area (Å²) in [6, 6.07) is 8.52. The van der Waals surface area contributed by atoms with Gasteiger partial charge < -0.3 is 0 Å². The Hall–Kier alpha value is -0.235. The summed E-state index contributed by atoms with van der Waals surface area (Å²) in [5.41, 5.74) is 1.42.